The summed E-state index contributed by atoms with van der Waals surface area (Å²) in [5, 5.41) is 11.5. The number of hydrogen-bond donors (Lipinski definition) is 1. The summed E-state index contributed by atoms with van der Waals surface area (Å²) in [6, 6.07) is 9.24. The molecule has 202 valence electrons. The third kappa shape index (κ3) is 4.93. The summed E-state index contributed by atoms with van der Waals surface area (Å²) in [7, 11) is -2.26. The van der Waals surface area contributed by atoms with E-state index in [4.69, 9.17) is 0 Å². The van der Waals surface area contributed by atoms with Gasteiger partial charge in [-0.1, -0.05) is 19.1 Å². The molecule has 1 fully saturated rings. The standard InChI is InChI=1S/C27H32FN5O4S/c1-3-31-11-13-32(14-12-31)15-16-38(36,37)30(2)25-21-5-4-10-29-24(21)26(34)23-22(25)18-33(27(23)35)17-19-6-8-20(28)9-7-19/h4-10,34H,3,11-18H2,1-2H3. The Kier molecular flexibility index (Phi) is 7.26. The third-order valence-electron chi connectivity index (χ3n) is 7.56. The Hall–Kier alpha value is -3.28. The summed E-state index contributed by atoms with van der Waals surface area (Å²) < 4.78 is 41.8. The fourth-order valence-electron chi connectivity index (χ4n) is 5.28. The minimum atomic E-state index is -3.76. The van der Waals surface area contributed by atoms with E-state index in [2.05, 4.69) is 21.7 Å². The number of carbonyl (C=O) groups is 1. The van der Waals surface area contributed by atoms with Crippen LogP contribution in [0.15, 0.2) is 42.6 Å². The molecule has 1 N–H and O–H groups in total. The number of phenols is 1. The number of aromatic nitrogens is 1. The van der Waals surface area contributed by atoms with E-state index in [-0.39, 0.29) is 41.5 Å². The van der Waals surface area contributed by atoms with Gasteiger partial charge in [0.25, 0.3) is 5.91 Å². The van der Waals surface area contributed by atoms with E-state index in [1.807, 2.05) is 0 Å². The first kappa shape index (κ1) is 26.3. The molecule has 0 bridgehead atoms. The number of amides is 1. The Morgan fingerprint density at radius 2 is 1.76 bits per heavy atom. The van der Waals surface area contributed by atoms with Crippen LogP contribution in [0.5, 0.6) is 5.75 Å². The zero-order valence-electron chi connectivity index (χ0n) is 21.6. The third-order valence-corrected chi connectivity index (χ3v) is 9.27. The quantitative estimate of drug-likeness (QED) is 0.468. The second-order valence-corrected chi connectivity index (χ2v) is 11.9. The minimum absolute atomic E-state index is 0.0612. The summed E-state index contributed by atoms with van der Waals surface area (Å²) in [5.74, 6) is -1.12. The molecule has 0 unspecified atom stereocenters. The van der Waals surface area contributed by atoms with Crippen molar-refractivity contribution in [1.82, 2.24) is 19.7 Å². The van der Waals surface area contributed by atoms with Crippen LogP contribution in [0.1, 0.15) is 28.4 Å². The normalized spacial score (nSPS) is 16.8. The molecular formula is C27H32FN5O4S. The first-order chi connectivity index (χ1) is 18.2. The fourth-order valence-corrected chi connectivity index (χ4v) is 6.53. The molecule has 1 amide bonds. The highest BCUT2D eigenvalue weighted by atomic mass is 32.2. The molecule has 11 heteroatoms. The number of sulfonamides is 1. The minimum Gasteiger partial charge on any atom is -0.505 e. The number of rotatable bonds is 8. The lowest BCUT2D eigenvalue weighted by Crippen LogP contribution is -2.48. The molecule has 2 aliphatic heterocycles. The number of likely N-dealkylation sites (N-methyl/N-ethyl adjacent to an activating group) is 1. The number of anilines is 1. The number of benzene rings is 2. The average Bonchev–Trinajstić information content (AvgIpc) is 3.24. The van der Waals surface area contributed by atoms with Gasteiger partial charge in [-0.15, -0.1) is 0 Å². The Bertz CT molecular complexity index is 1460. The van der Waals surface area contributed by atoms with Crippen molar-refractivity contribution >= 4 is 32.5 Å². The molecule has 5 rings (SSSR count). The topological polar surface area (TPSA) is 97.3 Å². The van der Waals surface area contributed by atoms with Crippen LogP contribution in [0, 0.1) is 5.82 Å². The maximum atomic E-state index is 13.6. The van der Waals surface area contributed by atoms with Gasteiger partial charge in [0.05, 0.1) is 17.0 Å². The highest BCUT2D eigenvalue weighted by molar-refractivity contribution is 7.92. The van der Waals surface area contributed by atoms with Crippen molar-refractivity contribution in [2.45, 2.75) is 20.0 Å². The van der Waals surface area contributed by atoms with Gasteiger partial charge in [-0.05, 0) is 36.4 Å². The van der Waals surface area contributed by atoms with Gasteiger partial charge in [-0.2, -0.15) is 0 Å². The van der Waals surface area contributed by atoms with Crippen molar-refractivity contribution in [3.63, 3.8) is 0 Å². The van der Waals surface area contributed by atoms with Crippen LogP contribution in [-0.4, -0.2) is 91.2 Å². The SMILES string of the molecule is CCN1CCN(CCS(=O)(=O)N(C)c2c3c(c(O)c4ncccc24)C(=O)N(Cc2ccc(F)cc2)C3)CC1. The van der Waals surface area contributed by atoms with Gasteiger partial charge in [0, 0.05) is 70.0 Å². The number of hydrogen-bond acceptors (Lipinski definition) is 7. The molecule has 3 heterocycles. The molecule has 0 atom stereocenters. The lowest BCUT2D eigenvalue weighted by Gasteiger charge is -2.34. The Morgan fingerprint density at radius 3 is 2.45 bits per heavy atom. The van der Waals surface area contributed by atoms with E-state index in [1.165, 1.54) is 34.6 Å². The smallest absolute Gasteiger partial charge is 0.258 e. The first-order valence-electron chi connectivity index (χ1n) is 12.8. The number of halogens is 1. The molecule has 0 aliphatic carbocycles. The van der Waals surface area contributed by atoms with Crippen LogP contribution in [0.2, 0.25) is 0 Å². The van der Waals surface area contributed by atoms with Gasteiger partial charge in [0.2, 0.25) is 10.0 Å². The van der Waals surface area contributed by atoms with Crippen LogP contribution >= 0.6 is 0 Å². The molecule has 9 nitrogen and oxygen atoms in total. The van der Waals surface area contributed by atoms with Crippen molar-refractivity contribution in [3.8, 4) is 5.75 Å². The van der Waals surface area contributed by atoms with Crippen LogP contribution in [0.4, 0.5) is 10.1 Å². The van der Waals surface area contributed by atoms with Gasteiger partial charge in [0.15, 0.2) is 5.75 Å². The van der Waals surface area contributed by atoms with E-state index in [0.29, 0.717) is 23.2 Å². The van der Waals surface area contributed by atoms with Crippen LogP contribution in [-0.2, 0) is 23.1 Å². The Morgan fingerprint density at radius 1 is 1.08 bits per heavy atom. The van der Waals surface area contributed by atoms with Gasteiger partial charge in [-0.25, -0.2) is 12.8 Å². The van der Waals surface area contributed by atoms with Crippen LogP contribution < -0.4 is 4.31 Å². The Labute approximate surface area is 222 Å². The molecule has 2 aliphatic rings. The zero-order chi connectivity index (χ0) is 27.0. The molecule has 38 heavy (non-hydrogen) atoms. The number of nitrogens with zero attached hydrogens (tertiary/aromatic N) is 5. The summed E-state index contributed by atoms with van der Waals surface area (Å²) in [5.41, 5.74) is 1.76. The lowest BCUT2D eigenvalue weighted by atomic mass is 10.0. The molecular weight excluding hydrogens is 509 g/mol. The molecule has 3 aromatic rings. The van der Waals surface area contributed by atoms with Crippen molar-refractivity contribution in [2.24, 2.45) is 0 Å². The van der Waals surface area contributed by atoms with Gasteiger partial charge in [-0.3, -0.25) is 19.0 Å². The average molecular weight is 542 g/mol. The molecule has 0 saturated carbocycles. The molecule has 0 spiro atoms. The number of aromatic hydroxyl groups is 1. The van der Waals surface area contributed by atoms with E-state index in [1.54, 1.807) is 24.3 Å². The maximum absolute atomic E-state index is 13.6. The second-order valence-electron chi connectivity index (χ2n) is 9.80. The summed E-state index contributed by atoms with van der Waals surface area (Å²) in [4.78, 5) is 23.7. The fraction of sp³-hybridized carbons (Fsp3) is 0.407. The van der Waals surface area contributed by atoms with Crippen molar-refractivity contribution in [3.05, 3.63) is 65.1 Å². The predicted octanol–water partition coefficient (Wildman–Crippen LogP) is 2.64. The van der Waals surface area contributed by atoms with Gasteiger partial charge in [0.1, 0.15) is 11.3 Å². The first-order valence-corrected chi connectivity index (χ1v) is 14.4. The van der Waals surface area contributed by atoms with E-state index in [9.17, 15) is 22.7 Å². The zero-order valence-corrected chi connectivity index (χ0v) is 22.4. The number of fused-ring (bicyclic) bond motifs is 2. The highest BCUT2D eigenvalue weighted by Crippen LogP contribution is 2.44. The van der Waals surface area contributed by atoms with E-state index < -0.39 is 15.9 Å². The van der Waals surface area contributed by atoms with Crippen LogP contribution in [0.25, 0.3) is 10.9 Å². The van der Waals surface area contributed by atoms with Gasteiger partial charge < -0.3 is 14.9 Å². The van der Waals surface area contributed by atoms with Crippen molar-refractivity contribution < 1.29 is 22.7 Å². The summed E-state index contributed by atoms with van der Waals surface area (Å²) in [6.07, 6.45) is 1.50. The predicted molar refractivity (Wildman–Crippen MR) is 144 cm³/mol. The van der Waals surface area contributed by atoms with Crippen LogP contribution in [0.3, 0.4) is 0 Å². The van der Waals surface area contributed by atoms with Crippen molar-refractivity contribution in [2.75, 3.05) is 56.4 Å². The second kappa shape index (κ2) is 10.5. The van der Waals surface area contributed by atoms with Gasteiger partial charge >= 0.3 is 0 Å². The Balaban J connectivity index is 1.46. The maximum Gasteiger partial charge on any atom is 0.258 e. The number of phenolic OH excluding ortho intramolecular Hbond substituents is 1. The molecule has 1 saturated heterocycles. The largest absolute Gasteiger partial charge is 0.505 e. The van der Waals surface area contributed by atoms with E-state index >= 15 is 0 Å². The van der Waals surface area contributed by atoms with Crippen molar-refractivity contribution in [1.29, 1.82) is 0 Å². The number of pyridine rings is 1. The monoisotopic (exact) mass is 541 g/mol. The number of piperazine rings is 1. The summed E-state index contributed by atoms with van der Waals surface area (Å²) >= 11 is 0. The summed E-state index contributed by atoms with van der Waals surface area (Å²) in [6.45, 7) is 7.29. The lowest BCUT2D eigenvalue weighted by molar-refractivity contribution is 0.0764. The molecule has 0 radical (unpaired) electrons. The molecule has 2 aromatic carbocycles. The highest BCUT2D eigenvalue weighted by Gasteiger charge is 2.37. The molecule has 1 aromatic heterocycles. The number of carbonyl (C=O) groups excluding carboxylic acids is 1. The van der Waals surface area contributed by atoms with E-state index in [0.717, 1.165) is 38.3 Å².